The Kier molecular flexibility index (Phi) is 7.98. The molecule has 7 unspecified atom stereocenters. The summed E-state index contributed by atoms with van der Waals surface area (Å²) in [6.07, 6.45) is 13.6. The van der Waals surface area contributed by atoms with E-state index in [0.717, 1.165) is 6.42 Å². The van der Waals surface area contributed by atoms with Crippen molar-refractivity contribution in [3.63, 3.8) is 0 Å². The summed E-state index contributed by atoms with van der Waals surface area (Å²) >= 11 is 0. The molecule has 0 aromatic heterocycles. The van der Waals surface area contributed by atoms with E-state index in [9.17, 15) is 9.59 Å². The Labute approximate surface area is 197 Å². The van der Waals surface area contributed by atoms with Crippen LogP contribution < -0.4 is 0 Å². The molecule has 0 radical (unpaired) electrons. The fourth-order valence-corrected chi connectivity index (χ4v) is 8.89. The smallest absolute Gasteiger partial charge is 0.305 e. The molecule has 4 aliphatic carbocycles. The van der Waals surface area contributed by atoms with Crippen LogP contribution in [0.15, 0.2) is 11.6 Å². The molecular formula is C29H48O3. The first-order valence-corrected chi connectivity index (χ1v) is 13.5. The predicted octanol–water partition coefficient (Wildman–Crippen LogP) is 7.39. The molecule has 0 amide bonds. The first-order valence-electron chi connectivity index (χ1n) is 13.5. The van der Waals surface area contributed by atoms with Crippen LogP contribution in [0, 0.1) is 46.3 Å². The van der Waals surface area contributed by atoms with Crippen molar-refractivity contribution < 1.29 is 14.3 Å². The standard InChI is InChI=1S/C27H42O3.C2H6/c1-6-18-20-9-7-8-15-26(20,3)22-14-16-27(4)19(17(2)10-13-23(28)30-5)11-12-21(27)24(22)25(18)29;1-2/h6,17,19-22,24H,7-16H2,1-5H3;1-2H3/b18-6+;/t17-,19?,20?,21?,22?,24?,26?,27?;/m1./s1. The van der Waals surface area contributed by atoms with E-state index < -0.39 is 0 Å². The summed E-state index contributed by atoms with van der Waals surface area (Å²) in [6, 6.07) is 0. The second-order valence-corrected chi connectivity index (χ2v) is 11.5. The van der Waals surface area contributed by atoms with Crippen LogP contribution >= 0.6 is 0 Å². The van der Waals surface area contributed by atoms with Gasteiger partial charge in [0.25, 0.3) is 0 Å². The summed E-state index contributed by atoms with van der Waals surface area (Å²) in [6.45, 7) is 13.4. The summed E-state index contributed by atoms with van der Waals surface area (Å²) < 4.78 is 4.88. The third kappa shape index (κ3) is 4.00. The largest absolute Gasteiger partial charge is 0.469 e. The first-order chi connectivity index (χ1) is 15.3. The van der Waals surface area contributed by atoms with E-state index in [-0.39, 0.29) is 17.3 Å². The highest BCUT2D eigenvalue weighted by molar-refractivity contribution is 5.99. The molecule has 0 spiro atoms. The average Bonchev–Trinajstić information content (AvgIpc) is 3.16. The van der Waals surface area contributed by atoms with Gasteiger partial charge in [-0.2, -0.15) is 0 Å². The molecule has 4 rings (SSSR count). The van der Waals surface area contributed by atoms with Gasteiger partial charge in [0.2, 0.25) is 0 Å². The van der Waals surface area contributed by atoms with Gasteiger partial charge >= 0.3 is 5.97 Å². The molecule has 182 valence electrons. The Morgan fingerprint density at radius 2 is 1.75 bits per heavy atom. The Morgan fingerprint density at radius 1 is 1.06 bits per heavy atom. The van der Waals surface area contributed by atoms with E-state index in [4.69, 9.17) is 4.74 Å². The van der Waals surface area contributed by atoms with Crippen molar-refractivity contribution in [3.8, 4) is 0 Å². The van der Waals surface area contributed by atoms with E-state index in [1.807, 2.05) is 13.8 Å². The van der Waals surface area contributed by atoms with Gasteiger partial charge < -0.3 is 4.74 Å². The Balaban J connectivity index is 0.00000141. The van der Waals surface area contributed by atoms with Crippen LogP contribution in [0.3, 0.4) is 0 Å². The van der Waals surface area contributed by atoms with Gasteiger partial charge in [-0.1, -0.05) is 53.5 Å². The average molecular weight is 445 g/mol. The quantitative estimate of drug-likeness (QED) is 0.335. The molecule has 4 fully saturated rings. The third-order valence-corrected chi connectivity index (χ3v) is 10.4. The summed E-state index contributed by atoms with van der Waals surface area (Å²) in [4.78, 5) is 25.6. The number of fused-ring (bicyclic) bond motifs is 5. The van der Waals surface area contributed by atoms with Crippen LogP contribution in [0.5, 0.6) is 0 Å². The molecule has 4 saturated carbocycles. The second-order valence-electron chi connectivity index (χ2n) is 11.5. The maximum Gasteiger partial charge on any atom is 0.305 e. The minimum Gasteiger partial charge on any atom is -0.469 e. The lowest BCUT2D eigenvalue weighted by Crippen LogP contribution is -2.57. The summed E-state index contributed by atoms with van der Waals surface area (Å²) in [5.74, 6) is 3.34. The zero-order valence-corrected chi connectivity index (χ0v) is 21.8. The number of hydrogen-bond acceptors (Lipinski definition) is 3. The minimum atomic E-state index is -0.0956. The van der Waals surface area contributed by atoms with Crippen LogP contribution in [0.1, 0.15) is 106 Å². The van der Waals surface area contributed by atoms with Crippen molar-refractivity contribution in [1.29, 1.82) is 0 Å². The van der Waals surface area contributed by atoms with E-state index in [2.05, 4.69) is 33.8 Å². The molecule has 0 heterocycles. The molecule has 0 N–H and O–H groups in total. The highest BCUT2D eigenvalue weighted by atomic mass is 16.5. The van der Waals surface area contributed by atoms with Gasteiger partial charge in [0.1, 0.15) is 0 Å². The van der Waals surface area contributed by atoms with Gasteiger partial charge in [-0.3, -0.25) is 9.59 Å². The zero-order chi connectivity index (χ0) is 23.7. The van der Waals surface area contributed by atoms with Gasteiger partial charge in [-0.25, -0.2) is 0 Å². The van der Waals surface area contributed by atoms with E-state index in [0.29, 0.717) is 47.2 Å². The number of methoxy groups -OCH3 is 1. The molecule has 3 nitrogen and oxygen atoms in total. The number of ketones is 1. The highest BCUT2D eigenvalue weighted by Crippen LogP contribution is 2.68. The summed E-state index contributed by atoms with van der Waals surface area (Å²) in [5.41, 5.74) is 1.72. The molecule has 0 aliphatic heterocycles. The number of carbonyl (C=O) groups excluding carboxylic acids is 2. The van der Waals surface area contributed by atoms with Crippen LogP contribution in [-0.2, 0) is 14.3 Å². The molecule has 3 heteroatoms. The van der Waals surface area contributed by atoms with E-state index in [1.54, 1.807) is 0 Å². The summed E-state index contributed by atoms with van der Waals surface area (Å²) in [7, 11) is 1.48. The number of hydrogen-bond donors (Lipinski definition) is 0. The van der Waals surface area contributed by atoms with Gasteiger partial charge in [-0.05, 0) is 97.9 Å². The lowest BCUT2D eigenvalue weighted by atomic mass is 9.43. The molecule has 8 atom stereocenters. The molecule has 4 aliphatic rings. The number of esters is 1. The third-order valence-electron chi connectivity index (χ3n) is 10.4. The maximum atomic E-state index is 13.9. The van der Waals surface area contributed by atoms with Gasteiger partial charge in [0.05, 0.1) is 7.11 Å². The molecule has 0 saturated heterocycles. The predicted molar refractivity (Wildman–Crippen MR) is 131 cm³/mol. The molecule has 0 aromatic carbocycles. The number of ether oxygens (including phenoxy) is 1. The van der Waals surface area contributed by atoms with Crippen LogP contribution in [-0.4, -0.2) is 18.9 Å². The number of Topliss-reactive ketones (excluding diaryl/α,β-unsaturated/α-hetero) is 1. The van der Waals surface area contributed by atoms with Crippen molar-refractivity contribution in [2.45, 2.75) is 106 Å². The van der Waals surface area contributed by atoms with Crippen molar-refractivity contribution in [3.05, 3.63) is 11.6 Å². The lowest BCUT2D eigenvalue weighted by molar-refractivity contribution is -0.146. The number of carbonyl (C=O) groups is 2. The summed E-state index contributed by atoms with van der Waals surface area (Å²) in [5, 5.41) is 0. The topological polar surface area (TPSA) is 43.4 Å². The van der Waals surface area contributed by atoms with Crippen molar-refractivity contribution in [2.24, 2.45) is 46.3 Å². The molecular weight excluding hydrogens is 396 g/mol. The van der Waals surface area contributed by atoms with Gasteiger partial charge in [-0.15, -0.1) is 0 Å². The normalized spacial score (nSPS) is 42.8. The number of allylic oxidation sites excluding steroid dienone is 2. The Morgan fingerprint density at radius 3 is 2.41 bits per heavy atom. The van der Waals surface area contributed by atoms with Crippen molar-refractivity contribution in [2.75, 3.05) is 7.11 Å². The van der Waals surface area contributed by atoms with Gasteiger partial charge in [0.15, 0.2) is 5.78 Å². The highest BCUT2D eigenvalue weighted by Gasteiger charge is 2.63. The van der Waals surface area contributed by atoms with Crippen LogP contribution in [0.4, 0.5) is 0 Å². The fraction of sp³-hybridized carbons (Fsp3) is 0.862. The zero-order valence-electron chi connectivity index (χ0n) is 21.8. The van der Waals surface area contributed by atoms with Crippen molar-refractivity contribution in [1.82, 2.24) is 0 Å². The monoisotopic (exact) mass is 444 g/mol. The maximum absolute atomic E-state index is 13.9. The number of rotatable bonds is 4. The van der Waals surface area contributed by atoms with Crippen LogP contribution in [0.2, 0.25) is 0 Å². The second kappa shape index (κ2) is 10.0. The Hall–Kier alpha value is -1.12. The molecule has 32 heavy (non-hydrogen) atoms. The molecule has 0 bridgehead atoms. The molecule has 0 aromatic rings. The minimum absolute atomic E-state index is 0.0956. The first kappa shape index (κ1) is 25.5. The van der Waals surface area contributed by atoms with Crippen LogP contribution in [0.25, 0.3) is 0 Å². The van der Waals surface area contributed by atoms with E-state index in [1.165, 1.54) is 64.0 Å². The van der Waals surface area contributed by atoms with Gasteiger partial charge in [0, 0.05) is 12.3 Å². The van der Waals surface area contributed by atoms with E-state index >= 15 is 0 Å². The fourth-order valence-electron chi connectivity index (χ4n) is 8.89. The SMILES string of the molecule is C/C=C1/C(=O)C2C(CCC3(C)C2CCC3[C@H](C)CCC(=O)OC)C2(C)CCCCC12.CC. The lowest BCUT2D eigenvalue weighted by Gasteiger charge is -2.60. The Bertz CT molecular complexity index is 724. The van der Waals surface area contributed by atoms with Crippen molar-refractivity contribution >= 4 is 11.8 Å².